The van der Waals surface area contributed by atoms with Crippen LogP contribution < -0.4 is 10.6 Å². The lowest BCUT2D eigenvalue weighted by atomic mass is 10.1. The molecule has 0 radical (unpaired) electrons. The first-order chi connectivity index (χ1) is 12.6. The fraction of sp³-hybridized carbons (Fsp3) is 0.286. The van der Waals surface area contributed by atoms with Crippen LogP contribution in [0.3, 0.4) is 0 Å². The molecule has 2 heterocycles. The fourth-order valence-corrected chi connectivity index (χ4v) is 2.59. The van der Waals surface area contributed by atoms with Crippen molar-refractivity contribution >= 4 is 17.5 Å². The number of aromatic nitrogens is 3. The summed E-state index contributed by atoms with van der Waals surface area (Å²) in [4.78, 5) is 13.4. The van der Waals surface area contributed by atoms with Crippen LogP contribution in [0.2, 0.25) is 0 Å². The van der Waals surface area contributed by atoms with Gasteiger partial charge < -0.3 is 10.6 Å². The van der Waals surface area contributed by atoms with E-state index in [0.717, 1.165) is 29.2 Å². The van der Waals surface area contributed by atoms with Gasteiger partial charge in [0.15, 0.2) is 0 Å². The van der Waals surface area contributed by atoms with E-state index in [1.807, 2.05) is 24.3 Å². The molecule has 0 fully saturated rings. The van der Waals surface area contributed by atoms with Crippen LogP contribution in [0.1, 0.15) is 31.4 Å². The molecular weight excluding hydrogens is 322 g/mol. The molecule has 2 N–H and O–H groups in total. The summed E-state index contributed by atoms with van der Waals surface area (Å²) in [6.07, 6.45) is 4.55. The average molecular weight is 347 g/mol. The predicted octanol–water partition coefficient (Wildman–Crippen LogP) is 5.11. The van der Waals surface area contributed by atoms with Gasteiger partial charge in [-0.1, -0.05) is 19.1 Å². The Morgan fingerprint density at radius 1 is 1.04 bits per heavy atom. The first-order valence-corrected chi connectivity index (χ1v) is 8.96. The van der Waals surface area contributed by atoms with Crippen molar-refractivity contribution in [1.29, 1.82) is 0 Å². The summed E-state index contributed by atoms with van der Waals surface area (Å²) < 4.78 is 0. The number of nitrogens with zero attached hydrogens (tertiary/aromatic N) is 3. The molecule has 0 unspecified atom stereocenters. The highest BCUT2D eigenvalue weighted by molar-refractivity contribution is 5.68. The second-order valence-electron chi connectivity index (χ2n) is 6.52. The van der Waals surface area contributed by atoms with Crippen LogP contribution in [0.15, 0.2) is 48.8 Å². The van der Waals surface area contributed by atoms with Crippen LogP contribution in [0.5, 0.6) is 0 Å². The van der Waals surface area contributed by atoms with Crippen molar-refractivity contribution in [2.75, 3.05) is 10.6 Å². The minimum Gasteiger partial charge on any atom is -0.352 e. The number of pyridine rings is 1. The summed E-state index contributed by atoms with van der Waals surface area (Å²) in [5.41, 5.74) is 5.39. The highest BCUT2D eigenvalue weighted by atomic mass is 15.2. The molecule has 5 heteroatoms. The van der Waals surface area contributed by atoms with Gasteiger partial charge in [0.05, 0.1) is 5.69 Å². The number of nitrogens with one attached hydrogen (secondary N) is 2. The molecule has 0 saturated heterocycles. The number of aryl methyl sites for hydroxylation is 1. The summed E-state index contributed by atoms with van der Waals surface area (Å²) in [6, 6.07) is 12.4. The molecule has 0 saturated carbocycles. The summed E-state index contributed by atoms with van der Waals surface area (Å²) in [7, 11) is 0. The van der Waals surface area contributed by atoms with E-state index in [1.165, 1.54) is 11.1 Å². The van der Waals surface area contributed by atoms with Crippen molar-refractivity contribution in [2.24, 2.45) is 0 Å². The van der Waals surface area contributed by atoms with Crippen LogP contribution in [-0.2, 0) is 0 Å². The molecule has 5 nitrogen and oxygen atoms in total. The molecular formula is C21H25N5. The van der Waals surface area contributed by atoms with Crippen LogP contribution in [0, 0.1) is 13.8 Å². The molecule has 1 atom stereocenters. The molecule has 3 aromatic rings. The Kier molecular flexibility index (Phi) is 5.46. The maximum Gasteiger partial charge on any atom is 0.225 e. The van der Waals surface area contributed by atoms with Crippen LogP contribution in [0.25, 0.3) is 11.3 Å². The lowest BCUT2D eigenvalue weighted by Crippen LogP contribution is -2.16. The molecule has 0 aliphatic carbocycles. The zero-order valence-electron chi connectivity index (χ0n) is 15.7. The zero-order valence-corrected chi connectivity index (χ0v) is 15.7. The van der Waals surface area contributed by atoms with Gasteiger partial charge in [0.25, 0.3) is 0 Å². The zero-order chi connectivity index (χ0) is 18.5. The van der Waals surface area contributed by atoms with Crippen LogP contribution >= 0.6 is 0 Å². The smallest absolute Gasteiger partial charge is 0.225 e. The molecule has 0 amide bonds. The van der Waals surface area contributed by atoms with E-state index in [1.54, 1.807) is 12.4 Å². The normalized spacial score (nSPS) is 11.8. The van der Waals surface area contributed by atoms with Crippen molar-refractivity contribution in [1.82, 2.24) is 15.0 Å². The van der Waals surface area contributed by atoms with Gasteiger partial charge in [-0.2, -0.15) is 4.98 Å². The quantitative estimate of drug-likeness (QED) is 0.649. The third-order valence-electron chi connectivity index (χ3n) is 4.56. The van der Waals surface area contributed by atoms with E-state index < -0.39 is 0 Å². The Bertz CT molecular complexity index is 877. The van der Waals surface area contributed by atoms with Gasteiger partial charge in [-0.15, -0.1) is 0 Å². The van der Waals surface area contributed by atoms with Gasteiger partial charge in [-0.3, -0.25) is 4.98 Å². The minimum absolute atomic E-state index is 0.302. The second kappa shape index (κ2) is 7.95. The highest BCUT2D eigenvalue weighted by Gasteiger charge is 2.10. The Labute approximate surface area is 154 Å². The van der Waals surface area contributed by atoms with Gasteiger partial charge >= 0.3 is 0 Å². The molecule has 26 heavy (non-hydrogen) atoms. The Balaban J connectivity index is 2.00. The van der Waals surface area contributed by atoms with E-state index in [0.29, 0.717) is 12.0 Å². The van der Waals surface area contributed by atoms with Crippen molar-refractivity contribution < 1.29 is 0 Å². The lowest BCUT2D eigenvalue weighted by Gasteiger charge is -2.16. The Morgan fingerprint density at radius 2 is 1.81 bits per heavy atom. The van der Waals surface area contributed by atoms with Crippen molar-refractivity contribution in [3.8, 4) is 11.3 Å². The maximum atomic E-state index is 4.68. The summed E-state index contributed by atoms with van der Waals surface area (Å²) in [5, 5.41) is 6.82. The third kappa shape index (κ3) is 4.17. The molecule has 1 aromatic carbocycles. The third-order valence-corrected chi connectivity index (χ3v) is 4.56. The first-order valence-electron chi connectivity index (χ1n) is 8.96. The van der Waals surface area contributed by atoms with E-state index >= 15 is 0 Å². The first kappa shape index (κ1) is 17.9. The van der Waals surface area contributed by atoms with Gasteiger partial charge in [-0.05, 0) is 56.5 Å². The molecule has 2 aromatic heterocycles. The SMILES string of the molecule is CC[C@@H](C)Nc1nc(Nc2cccc(C)c2C)cc(-c2ccncc2)n1. The summed E-state index contributed by atoms with van der Waals surface area (Å²) >= 11 is 0. The molecule has 3 rings (SSSR count). The van der Waals surface area contributed by atoms with E-state index in [9.17, 15) is 0 Å². The second-order valence-corrected chi connectivity index (χ2v) is 6.52. The summed E-state index contributed by atoms with van der Waals surface area (Å²) in [5.74, 6) is 1.40. The van der Waals surface area contributed by atoms with Gasteiger partial charge in [0.2, 0.25) is 5.95 Å². The van der Waals surface area contributed by atoms with E-state index in [-0.39, 0.29) is 0 Å². The monoisotopic (exact) mass is 347 g/mol. The van der Waals surface area contributed by atoms with Gasteiger partial charge in [0, 0.05) is 35.8 Å². The number of hydrogen-bond donors (Lipinski definition) is 2. The Morgan fingerprint density at radius 3 is 2.54 bits per heavy atom. The Hall–Kier alpha value is -2.95. The molecule has 0 spiro atoms. The maximum absolute atomic E-state index is 4.68. The van der Waals surface area contributed by atoms with Crippen LogP contribution in [-0.4, -0.2) is 21.0 Å². The number of rotatable bonds is 6. The number of hydrogen-bond acceptors (Lipinski definition) is 5. The molecule has 0 aliphatic heterocycles. The average Bonchev–Trinajstić information content (AvgIpc) is 2.66. The van der Waals surface area contributed by atoms with Crippen molar-refractivity contribution in [3.05, 3.63) is 59.9 Å². The van der Waals surface area contributed by atoms with Gasteiger partial charge in [-0.25, -0.2) is 4.98 Å². The topological polar surface area (TPSA) is 62.7 Å². The van der Waals surface area contributed by atoms with E-state index in [4.69, 9.17) is 0 Å². The standard InChI is InChI=1S/C21H25N5/c1-5-15(3)23-21-25-19(17-9-11-22-12-10-17)13-20(26-21)24-18-8-6-7-14(2)16(18)4/h6-13,15H,5H2,1-4H3,(H2,23,24,25,26)/t15-/m1/s1. The minimum atomic E-state index is 0.302. The van der Waals surface area contributed by atoms with Crippen molar-refractivity contribution in [3.63, 3.8) is 0 Å². The van der Waals surface area contributed by atoms with E-state index in [2.05, 4.69) is 65.4 Å². The predicted molar refractivity (Wildman–Crippen MR) is 108 cm³/mol. The highest BCUT2D eigenvalue weighted by Crippen LogP contribution is 2.26. The van der Waals surface area contributed by atoms with Crippen molar-refractivity contribution in [2.45, 2.75) is 40.2 Å². The largest absolute Gasteiger partial charge is 0.352 e. The molecule has 0 bridgehead atoms. The summed E-state index contributed by atoms with van der Waals surface area (Å²) in [6.45, 7) is 8.49. The number of anilines is 3. The molecule has 0 aliphatic rings. The number of benzene rings is 1. The molecule has 134 valence electrons. The van der Waals surface area contributed by atoms with Gasteiger partial charge in [0.1, 0.15) is 5.82 Å². The lowest BCUT2D eigenvalue weighted by molar-refractivity contribution is 0.753. The fourth-order valence-electron chi connectivity index (χ4n) is 2.59. The van der Waals surface area contributed by atoms with Crippen LogP contribution in [0.4, 0.5) is 17.5 Å².